The summed E-state index contributed by atoms with van der Waals surface area (Å²) >= 11 is 0. The van der Waals surface area contributed by atoms with Gasteiger partial charge in [-0.1, -0.05) is 12.1 Å². The van der Waals surface area contributed by atoms with Crippen LogP contribution in [0.25, 0.3) is 16.8 Å². The van der Waals surface area contributed by atoms with Gasteiger partial charge in [0.05, 0.1) is 22.8 Å². The number of aliphatic hydroxyl groups excluding tert-OH is 1. The lowest BCUT2D eigenvalue weighted by Gasteiger charge is -1.97. The van der Waals surface area contributed by atoms with Gasteiger partial charge in [0.25, 0.3) is 0 Å². The van der Waals surface area contributed by atoms with Gasteiger partial charge < -0.3 is 9.67 Å². The Balaban J connectivity index is 2.44. The molecule has 0 aliphatic rings. The Labute approximate surface area is 92.8 Å². The van der Waals surface area contributed by atoms with Crippen LogP contribution < -0.4 is 0 Å². The van der Waals surface area contributed by atoms with Crippen molar-refractivity contribution in [2.75, 3.05) is 0 Å². The second kappa shape index (κ2) is 3.09. The van der Waals surface area contributed by atoms with Crippen LogP contribution in [0.3, 0.4) is 0 Å². The van der Waals surface area contributed by atoms with E-state index in [2.05, 4.69) is 17.1 Å². The van der Waals surface area contributed by atoms with E-state index in [0.717, 1.165) is 16.8 Å². The van der Waals surface area contributed by atoms with E-state index in [1.165, 1.54) is 0 Å². The van der Waals surface area contributed by atoms with Gasteiger partial charge in [-0.25, -0.2) is 4.98 Å². The van der Waals surface area contributed by atoms with Crippen LogP contribution in [0.4, 0.5) is 0 Å². The number of nitrogens with zero attached hydrogens (tertiary/aromatic N) is 3. The number of benzene rings is 1. The van der Waals surface area contributed by atoms with Crippen molar-refractivity contribution in [1.82, 2.24) is 14.0 Å². The summed E-state index contributed by atoms with van der Waals surface area (Å²) in [6, 6.07) is 8.13. The van der Waals surface area contributed by atoms with Gasteiger partial charge in [0.15, 0.2) is 0 Å². The van der Waals surface area contributed by atoms with Crippen molar-refractivity contribution in [3.05, 3.63) is 36.2 Å². The largest absolute Gasteiger partial charge is 0.387 e. The Kier molecular flexibility index (Phi) is 1.82. The number of fused-ring (bicyclic) bond motifs is 3. The molecule has 1 aromatic carbocycles. The fraction of sp³-hybridized carbons (Fsp3) is 0.250. The van der Waals surface area contributed by atoms with Crippen LogP contribution in [-0.2, 0) is 7.05 Å². The fourth-order valence-electron chi connectivity index (χ4n) is 2.06. The molecule has 1 unspecified atom stereocenters. The minimum Gasteiger partial charge on any atom is -0.387 e. The zero-order valence-corrected chi connectivity index (χ0v) is 9.25. The highest BCUT2D eigenvalue weighted by Crippen LogP contribution is 2.21. The molecule has 4 heteroatoms. The normalized spacial score (nSPS) is 13.7. The van der Waals surface area contributed by atoms with E-state index in [0.29, 0.717) is 5.69 Å². The molecule has 0 saturated heterocycles. The van der Waals surface area contributed by atoms with Crippen molar-refractivity contribution in [1.29, 1.82) is 0 Å². The number of aromatic nitrogens is 3. The number of imidazole rings is 2. The maximum absolute atomic E-state index is 9.52. The quantitative estimate of drug-likeness (QED) is 0.673. The van der Waals surface area contributed by atoms with Crippen molar-refractivity contribution < 1.29 is 5.11 Å². The van der Waals surface area contributed by atoms with Gasteiger partial charge in [0.2, 0.25) is 5.78 Å². The summed E-state index contributed by atoms with van der Waals surface area (Å²) in [7, 11) is 1.98. The summed E-state index contributed by atoms with van der Waals surface area (Å²) < 4.78 is 4.04. The third-order valence-electron chi connectivity index (χ3n) is 2.94. The zero-order valence-electron chi connectivity index (χ0n) is 9.25. The van der Waals surface area contributed by atoms with Gasteiger partial charge in [-0.2, -0.15) is 0 Å². The van der Waals surface area contributed by atoms with Crippen LogP contribution in [0.1, 0.15) is 18.7 Å². The van der Waals surface area contributed by atoms with Gasteiger partial charge in [-0.15, -0.1) is 0 Å². The van der Waals surface area contributed by atoms with Gasteiger partial charge in [-0.3, -0.25) is 4.40 Å². The van der Waals surface area contributed by atoms with E-state index >= 15 is 0 Å². The summed E-state index contributed by atoms with van der Waals surface area (Å²) in [6.07, 6.45) is 1.36. The molecule has 82 valence electrons. The number of hydrogen-bond acceptors (Lipinski definition) is 2. The van der Waals surface area contributed by atoms with Crippen molar-refractivity contribution >= 4 is 16.8 Å². The Bertz CT molecular complexity index is 663. The molecule has 3 aromatic rings. The number of para-hydroxylation sites is 2. The highest BCUT2D eigenvalue weighted by atomic mass is 16.3. The molecule has 0 amide bonds. The summed E-state index contributed by atoms with van der Waals surface area (Å²) in [5.41, 5.74) is 2.96. The van der Waals surface area contributed by atoms with Crippen molar-refractivity contribution in [3.63, 3.8) is 0 Å². The molecule has 4 nitrogen and oxygen atoms in total. The zero-order chi connectivity index (χ0) is 11.3. The fourth-order valence-corrected chi connectivity index (χ4v) is 2.06. The molecule has 2 aromatic heterocycles. The number of rotatable bonds is 1. The average Bonchev–Trinajstić information content (AvgIpc) is 2.81. The highest BCUT2D eigenvalue weighted by molar-refractivity contribution is 5.80. The maximum atomic E-state index is 9.52. The Morgan fingerprint density at radius 3 is 2.62 bits per heavy atom. The lowest BCUT2D eigenvalue weighted by atomic mass is 10.3. The average molecular weight is 215 g/mol. The lowest BCUT2D eigenvalue weighted by molar-refractivity contribution is 0.195. The van der Waals surface area contributed by atoms with E-state index in [4.69, 9.17) is 0 Å². The predicted molar refractivity (Wildman–Crippen MR) is 62.3 cm³/mol. The number of aliphatic hydroxyl groups is 1. The molecule has 0 fully saturated rings. The molecule has 0 bridgehead atoms. The molecule has 1 N–H and O–H groups in total. The first-order chi connectivity index (χ1) is 7.68. The van der Waals surface area contributed by atoms with Crippen LogP contribution in [0.2, 0.25) is 0 Å². The second-order valence-electron chi connectivity index (χ2n) is 4.06. The Hall–Kier alpha value is -1.81. The lowest BCUT2D eigenvalue weighted by Crippen LogP contribution is -1.92. The SMILES string of the molecule is CC(O)c1cn2c3ccccc3n(C)c2n1. The third-order valence-corrected chi connectivity index (χ3v) is 2.94. The summed E-state index contributed by atoms with van der Waals surface area (Å²) in [6.45, 7) is 1.73. The molecule has 3 rings (SSSR count). The van der Waals surface area contributed by atoms with Gasteiger partial charge in [-0.05, 0) is 19.1 Å². The van der Waals surface area contributed by atoms with Gasteiger partial charge >= 0.3 is 0 Å². The standard InChI is InChI=1S/C12H13N3O/c1-8(16)9-7-15-11-6-4-3-5-10(11)14(2)12(15)13-9/h3-8,16H,1-2H3. The molecule has 1 atom stereocenters. The van der Waals surface area contributed by atoms with E-state index in [-0.39, 0.29) is 0 Å². The van der Waals surface area contributed by atoms with Crippen molar-refractivity contribution in [2.24, 2.45) is 7.05 Å². The molecule has 0 aliphatic heterocycles. The minimum atomic E-state index is -0.529. The first-order valence-electron chi connectivity index (χ1n) is 5.29. The summed E-state index contributed by atoms with van der Waals surface area (Å²) in [4.78, 5) is 4.42. The van der Waals surface area contributed by atoms with Crippen molar-refractivity contribution in [2.45, 2.75) is 13.0 Å². The topological polar surface area (TPSA) is 42.5 Å². The van der Waals surface area contributed by atoms with Crippen LogP contribution in [0.15, 0.2) is 30.5 Å². The summed E-state index contributed by atoms with van der Waals surface area (Å²) in [5, 5.41) is 9.52. The van der Waals surface area contributed by atoms with Gasteiger partial charge in [0, 0.05) is 13.2 Å². The Morgan fingerprint density at radius 1 is 1.25 bits per heavy atom. The van der Waals surface area contributed by atoms with Crippen LogP contribution >= 0.6 is 0 Å². The first kappa shape index (κ1) is 9.42. The molecule has 16 heavy (non-hydrogen) atoms. The molecular weight excluding hydrogens is 202 g/mol. The molecule has 0 saturated carbocycles. The van der Waals surface area contributed by atoms with E-state index < -0.39 is 6.10 Å². The molecular formula is C12H13N3O. The molecule has 2 heterocycles. The molecule has 0 aliphatic carbocycles. The Morgan fingerprint density at radius 2 is 1.94 bits per heavy atom. The molecule has 0 radical (unpaired) electrons. The highest BCUT2D eigenvalue weighted by Gasteiger charge is 2.12. The van der Waals surface area contributed by atoms with Crippen molar-refractivity contribution in [3.8, 4) is 0 Å². The minimum absolute atomic E-state index is 0.529. The van der Waals surface area contributed by atoms with Crippen LogP contribution in [-0.4, -0.2) is 19.1 Å². The monoisotopic (exact) mass is 215 g/mol. The number of aryl methyl sites for hydroxylation is 1. The van der Waals surface area contributed by atoms with Crippen LogP contribution in [0, 0.1) is 0 Å². The van der Waals surface area contributed by atoms with Gasteiger partial charge in [0.1, 0.15) is 0 Å². The second-order valence-corrected chi connectivity index (χ2v) is 4.06. The molecule has 0 spiro atoms. The predicted octanol–water partition coefficient (Wildman–Crippen LogP) is 1.88. The third kappa shape index (κ3) is 1.10. The van der Waals surface area contributed by atoms with E-state index in [9.17, 15) is 5.11 Å². The van der Waals surface area contributed by atoms with E-state index in [1.54, 1.807) is 6.92 Å². The van der Waals surface area contributed by atoms with Crippen LogP contribution in [0.5, 0.6) is 0 Å². The smallest absolute Gasteiger partial charge is 0.214 e. The maximum Gasteiger partial charge on any atom is 0.214 e. The van der Waals surface area contributed by atoms with E-state index in [1.807, 2.05) is 34.3 Å². The number of hydrogen-bond donors (Lipinski definition) is 1. The summed E-state index contributed by atoms with van der Waals surface area (Å²) in [5.74, 6) is 0.858. The first-order valence-corrected chi connectivity index (χ1v) is 5.29.